The minimum absolute atomic E-state index is 0.00630. The number of benzene rings is 1. The molecule has 0 aliphatic heterocycles. The summed E-state index contributed by atoms with van der Waals surface area (Å²) in [7, 11) is 0. The van der Waals surface area contributed by atoms with Crippen molar-refractivity contribution < 1.29 is 4.79 Å². The Balaban J connectivity index is 2.52. The summed E-state index contributed by atoms with van der Waals surface area (Å²) in [4.78, 5) is 18.3. The van der Waals surface area contributed by atoms with Crippen molar-refractivity contribution in [2.75, 3.05) is 13.1 Å². The fraction of sp³-hybridized carbons (Fsp3) is 0.286. The number of carbonyl (C=O) groups excluding carboxylic acids is 1. The average molecular weight is 228 g/mol. The van der Waals surface area contributed by atoms with Gasteiger partial charge in [0, 0.05) is 24.7 Å². The van der Waals surface area contributed by atoms with E-state index in [0.717, 1.165) is 10.8 Å². The van der Waals surface area contributed by atoms with E-state index in [2.05, 4.69) is 4.98 Å². The van der Waals surface area contributed by atoms with E-state index in [9.17, 15) is 4.79 Å². The molecular formula is C14H16N2O. The molecule has 2 aromatic rings. The summed E-state index contributed by atoms with van der Waals surface area (Å²) in [5.74, 6) is 0.00630. The van der Waals surface area contributed by atoms with Crippen LogP contribution < -0.4 is 0 Å². The summed E-state index contributed by atoms with van der Waals surface area (Å²) in [6.45, 7) is 5.37. The Kier molecular flexibility index (Phi) is 3.38. The van der Waals surface area contributed by atoms with Crippen molar-refractivity contribution in [2.24, 2.45) is 0 Å². The number of pyridine rings is 1. The van der Waals surface area contributed by atoms with Crippen LogP contribution in [0.1, 0.15) is 24.3 Å². The van der Waals surface area contributed by atoms with Gasteiger partial charge in [-0.2, -0.15) is 0 Å². The molecule has 0 fully saturated rings. The molecule has 0 radical (unpaired) electrons. The van der Waals surface area contributed by atoms with Crippen molar-refractivity contribution in [3.05, 3.63) is 42.2 Å². The molecule has 0 saturated heterocycles. The second kappa shape index (κ2) is 4.95. The number of fused-ring (bicyclic) bond motifs is 1. The highest BCUT2D eigenvalue weighted by atomic mass is 16.2. The van der Waals surface area contributed by atoms with E-state index >= 15 is 0 Å². The van der Waals surface area contributed by atoms with Crippen LogP contribution in [-0.4, -0.2) is 28.9 Å². The molecule has 0 bridgehead atoms. The molecule has 3 heteroatoms. The normalized spacial score (nSPS) is 10.5. The zero-order chi connectivity index (χ0) is 12.3. The van der Waals surface area contributed by atoms with Crippen molar-refractivity contribution >= 4 is 16.7 Å². The van der Waals surface area contributed by atoms with Gasteiger partial charge in [0.25, 0.3) is 5.91 Å². The van der Waals surface area contributed by atoms with E-state index in [1.807, 2.05) is 44.2 Å². The van der Waals surface area contributed by atoms with Crippen molar-refractivity contribution in [3.63, 3.8) is 0 Å². The predicted octanol–water partition coefficient (Wildman–Crippen LogP) is 2.72. The number of nitrogens with zero attached hydrogens (tertiary/aromatic N) is 2. The minimum Gasteiger partial charge on any atom is -0.338 e. The summed E-state index contributed by atoms with van der Waals surface area (Å²) < 4.78 is 0. The molecule has 1 aromatic heterocycles. The van der Waals surface area contributed by atoms with Gasteiger partial charge in [0.2, 0.25) is 0 Å². The molecule has 0 atom stereocenters. The molecule has 0 spiro atoms. The third kappa shape index (κ3) is 2.13. The first-order valence-electron chi connectivity index (χ1n) is 5.91. The number of hydrogen-bond donors (Lipinski definition) is 0. The molecule has 3 nitrogen and oxygen atoms in total. The minimum atomic E-state index is 0.00630. The van der Waals surface area contributed by atoms with E-state index in [1.165, 1.54) is 0 Å². The fourth-order valence-corrected chi connectivity index (χ4v) is 1.95. The lowest BCUT2D eigenvalue weighted by Crippen LogP contribution is -2.31. The zero-order valence-electron chi connectivity index (χ0n) is 10.2. The smallest absolute Gasteiger partial charge is 0.273 e. The zero-order valence-corrected chi connectivity index (χ0v) is 10.2. The number of amides is 1. The second-order valence-electron chi connectivity index (χ2n) is 3.86. The third-order valence-corrected chi connectivity index (χ3v) is 2.93. The molecule has 1 amide bonds. The predicted molar refractivity (Wildman–Crippen MR) is 69.0 cm³/mol. The largest absolute Gasteiger partial charge is 0.338 e. The van der Waals surface area contributed by atoms with E-state index in [1.54, 1.807) is 11.1 Å². The molecule has 0 N–H and O–H groups in total. The Morgan fingerprint density at radius 2 is 1.88 bits per heavy atom. The molecule has 0 aliphatic rings. The number of carbonyl (C=O) groups is 1. The van der Waals surface area contributed by atoms with Gasteiger partial charge in [-0.1, -0.05) is 24.3 Å². The van der Waals surface area contributed by atoms with Gasteiger partial charge in [-0.05, 0) is 25.3 Å². The van der Waals surface area contributed by atoms with Gasteiger partial charge in [0.05, 0.1) is 0 Å². The Labute approximate surface area is 101 Å². The summed E-state index contributed by atoms with van der Waals surface area (Å²) in [6.07, 6.45) is 1.69. The van der Waals surface area contributed by atoms with Crippen molar-refractivity contribution in [1.29, 1.82) is 0 Å². The lowest BCUT2D eigenvalue weighted by Gasteiger charge is -2.18. The van der Waals surface area contributed by atoms with E-state index in [-0.39, 0.29) is 5.91 Å². The monoisotopic (exact) mass is 228 g/mol. The first-order chi connectivity index (χ1) is 8.27. The highest BCUT2D eigenvalue weighted by molar-refractivity contribution is 6.05. The lowest BCUT2D eigenvalue weighted by atomic mass is 10.1. The molecule has 17 heavy (non-hydrogen) atoms. The molecule has 1 aromatic carbocycles. The maximum Gasteiger partial charge on any atom is 0.273 e. The Morgan fingerprint density at radius 3 is 2.59 bits per heavy atom. The molecule has 0 unspecified atom stereocenters. The quantitative estimate of drug-likeness (QED) is 0.809. The van der Waals surface area contributed by atoms with Gasteiger partial charge in [0.1, 0.15) is 5.69 Å². The first-order valence-corrected chi connectivity index (χ1v) is 5.91. The van der Waals surface area contributed by atoms with Crippen LogP contribution in [0.3, 0.4) is 0 Å². The van der Waals surface area contributed by atoms with Crippen LogP contribution in [0.15, 0.2) is 36.5 Å². The van der Waals surface area contributed by atoms with Crippen LogP contribution in [0.25, 0.3) is 10.8 Å². The summed E-state index contributed by atoms with van der Waals surface area (Å²) >= 11 is 0. The van der Waals surface area contributed by atoms with Gasteiger partial charge < -0.3 is 4.90 Å². The molecular weight excluding hydrogens is 212 g/mol. The Morgan fingerprint density at radius 1 is 1.18 bits per heavy atom. The maximum absolute atomic E-state index is 12.3. The average Bonchev–Trinajstić information content (AvgIpc) is 2.39. The standard InChI is InChI=1S/C14H16N2O/c1-3-16(4-2)14(17)13-12-8-6-5-7-11(12)9-10-15-13/h5-10H,3-4H2,1-2H3. The molecule has 88 valence electrons. The number of hydrogen-bond acceptors (Lipinski definition) is 2. The Bertz CT molecular complexity index is 527. The maximum atomic E-state index is 12.3. The molecule has 2 rings (SSSR count). The summed E-state index contributed by atoms with van der Waals surface area (Å²) in [6, 6.07) is 9.76. The summed E-state index contributed by atoms with van der Waals surface area (Å²) in [5, 5.41) is 1.98. The first kappa shape index (κ1) is 11.6. The van der Waals surface area contributed by atoms with Gasteiger partial charge in [-0.15, -0.1) is 0 Å². The van der Waals surface area contributed by atoms with E-state index < -0.39 is 0 Å². The van der Waals surface area contributed by atoms with Crippen molar-refractivity contribution in [2.45, 2.75) is 13.8 Å². The summed E-state index contributed by atoms with van der Waals surface area (Å²) in [5.41, 5.74) is 0.548. The number of rotatable bonds is 3. The van der Waals surface area contributed by atoms with Crippen LogP contribution in [-0.2, 0) is 0 Å². The van der Waals surface area contributed by atoms with Crippen LogP contribution in [0.4, 0.5) is 0 Å². The van der Waals surface area contributed by atoms with Crippen LogP contribution in [0, 0.1) is 0 Å². The van der Waals surface area contributed by atoms with Crippen LogP contribution in [0.2, 0.25) is 0 Å². The van der Waals surface area contributed by atoms with Crippen LogP contribution >= 0.6 is 0 Å². The molecule has 0 aliphatic carbocycles. The highest BCUT2D eigenvalue weighted by Crippen LogP contribution is 2.17. The lowest BCUT2D eigenvalue weighted by molar-refractivity contribution is 0.0769. The van der Waals surface area contributed by atoms with Gasteiger partial charge in [-0.25, -0.2) is 0 Å². The second-order valence-corrected chi connectivity index (χ2v) is 3.86. The fourth-order valence-electron chi connectivity index (χ4n) is 1.95. The van der Waals surface area contributed by atoms with E-state index in [4.69, 9.17) is 0 Å². The topological polar surface area (TPSA) is 33.2 Å². The van der Waals surface area contributed by atoms with Crippen molar-refractivity contribution in [3.8, 4) is 0 Å². The van der Waals surface area contributed by atoms with Gasteiger partial charge in [0.15, 0.2) is 0 Å². The SMILES string of the molecule is CCN(CC)C(=O)c1nccc2ccccc12. The van der Waals surface area contributed by atoms with Gasteiger partial charge >= 0.3 is 0 Å². The number of aromatic nitrogens is 1. The van der Waals surface area contributed by atoms with E-state index in [0.29, 0.717) is 18.8 Å². The van der Waals surface area contributed by atoms with Gasteiger partial charge in [-0.3, -0.25) is 9.78 Å². The molecule has 0 saturated carbocycles. The van der Waals surface area contributed by atoms with Crippen molar-refractivity contribution in [1.82, 2.24) is 9.88 Å². The Hall–Kier alpha value is -1.90. The van der Waals surface area contributed by atoms with Crippen LogP contribution in [0.5, 0.6) is 0 Å². The highest BCUT2D eigenvalue weighted by Gasteiger charge is 2.16. The third-order valence-electron chi connectivity index (χ3n) is 2.93. The molecule has 1 heterocycles.